The fourth-order valence-corrected chi connectivity index (χ4v) is 3.21. The first-order valence-corrected chi connectivity index (χ1v) is 9.16. The summed E-state index contributed by atoms with van der Waals surface area (Å²) in [5, 5.41) is 3.80. The van der Waals surface area contributed by atoms with Crippen molar-refractivity contribution in [1.82, 2.24) is 5.32 Å². The third-order valence-corrected chi connectivity index (χ3v) is 4.50. The van der Waals surface area contributed by atoms with Gasteiger partial charge in [0, 0.05) is 40.3 Å². The number of methoxy groups -OCH3 is 2. The molecule has 2 aromatic carbocycles. The second kappa shape index (κ2) is 8.21. The number of nitrogens with one attached hydrogen (secondary N) is 1. The number of benzene rings is 2. The second-order valence-corrected chi connectivity index (χ2v) is 6.89. The quantitative estimate of drug-likeness (QED) is 0.609. The maximum absolute atomic E-state index is 12.2. The van der Waals surface area contributed by atoms with Crippen LogP contribution in [0.1, 0.15) is 26.3 Å². The number of hydrogen-bond donors (Lipinski definition) is 1. The summed E-state index contributed by atoms with van der Waals surface area (Å²) in [6.45, 7) is 5.75. The van der Waals surface area contributed by atoms with Gasteiger partial charge in [-0.3, -0.25) is 4.79 Å². The molecule has 0 radical (unpaired) electrons. The van der Waals surface area contributed by atoms with E-state index >= 15 is 0 Å². The molecule has 0 aliphatic heterocycles. The Hall–Kier alpha value is -3.21. The maximum atomic E-state index is 12.2. The third kappa shape index (κ3) is 3.88. The summed E-state index contributed by atoms with van der Waals surface area (Å²) in [6.07, 6.45) is 3.31. The zero-order valence-electron chi connectivity index (χ0n) is 16.8. The van der Waals surface area contributed by atoms with Gasteiger partial charge in [0.15, 0.2) is 0 Å². The fraction of sp³-hybridized carbons (Fsp3) is 0.261. The third-order valence-electron chi connectivity index (χ3n) is 4.50. The molecule has 1 N–H and O–H groups in total. The van der Waals surface area contributed by atoms with Gasteiger partial charge >= 0.3 is 0 Å². The molecule has 1 amide bonds. The van der Waals surface area contributed by atoms with Gasteiger partial charge in [-0.15, -0.1) is 0 Å². The number of ether oxygens (including phenoxy) is 2. The Morgan fingerprint density at radius 2 is 1.79 bits per heavy atom. The van der Waals surface area contributed by atoms with Gasteiger partial charge < -0.3 is 19.2 Å². The zero-order valence-corrected chi connectivity index (χ0v) is 16.8. The van der Waals surface area contributed by atoms with Gasteiger partial charge in [-0.25, -0.2) is 0 Å². The molecule has 5 nitrogen and oxygen atoms in total. The van der Waals surface area contributed by atoms with Crippen molar-refractivity contribution >= 4 is 22.4 Å². The van der Waals surface area contributed by atoms with Crippen LogP contribution in [0.4, 0.5) is 0 Å². The molecule has 0 aliphatic carbocycles. The molecule has 5 heteroatoms. The zero-order chi connectivity index (χ0) is 20.3. The van der Waals surface area contributed by atoms with Gasteiger partial charge in [-0.1, -0.05) is 18.2 Å². The van der Waals surface area contributed by atoms with Crippen LogP contribution in [-0.4, -0.2) is 26.2 Å². The summed E-state index contributed by atoms with van der Waals surface area (Å²) < 4.78 is 16.8. The molecule has 146 valence electrons. The molecule has 0 bridgehead atoms. The predicted molar refractivity (Wildman–Crippen MR) is 112 cm³/mol. The number of rotatable bonds is 6. The lowest BCUT2D eigenvalue weighted by Crippen LogP contribution is -2.28. The van der Waals surface area contributed by atoms with E-state index in [-0.39, 0.29) is 11.9 Å². The normalized spacial score (nSPS) is 11.7. The van der Waals surface area contributed by atoms with E-state index in [1.807, 2.05) is 57.2 Å². The van der Waals surface area contributed by atoms with E-state index in [1.54, 1.807) is 26.6 Å². The number of amides is 1. The highest BCUT2D eigenvalue weighted by Crippen LogP contribution is 2.40. The maximum Gasteiger partial charge on any atom is 0.244 e. The molecule has 3 aromatic rings. The van der Waals surface area contributed by atoms with Crippen LogP contribution in [0.25, 0.3) is 27.7 Å². The van der Waals surface area contributed by atoms with Crippen molar-refractivity contribution in [2.24, 2.45) is 0 Å². The number of hydrogen-bond acceptors (Lipinski definition) is 4. The van der Waals surface area contributed by atoms with Crippen molar-refractivity contribution in [3.05, 3.63) is 54.3 Å². The van der Waals surface area contributed by atoms with Crippen LogP contribution in [0.15, 0.2) is 53.2 Å². The minimum Gasteiger partial charge on any atom is -0.496 e. The molecular weight excluding hydrogens is 354 g/mol. The molecule has 3 rings (SSSR count). The molecule has 0 spiro atoms. The molecule has 0 atom stereocenters. The van der Waals surface area contributed by atoms with Crippen molar-refractivity contribution in [3.8, 4) is 22.6 Å². The van der Waals surface area contributed by atoms with Crippen LogP contribution < -0.4 is 14.8 Å². The summed E-state index contributed by atoms with van der Waals surface area (Å²) in [6, 6.07) is 11.7. The molecule has 1 heterocycles. The van der Waals surface area contributed by atoms with Crippen molar-refractivity contribution in [2.45, 2.75) is 26.8 Å². The minimum absolute atomic E-state index is 0.0759. The van der Waals surface area contributed by atoms with Gasteiger partial charge in [0.25, 0.3) is 0 Å². The topological polar surface area (TPSA) is 60.7 Å². The van der Waals surface area contributed by atoms with Gasteiger partial charge in [0.2, 0.25) is 5.91 Å². The Bertz CT molecular complexity index is 1030. The summed E-state index contributed by atoms with van der Waals surface area (Å²) >= 11 is 0. The van der Waals surface area contributed by atoms with Gasteiger partial charge in [-0.05, 0) is 38.5 Å². The number of carbonyl (C=O) groups excluding carboxylic acids is 1. The van der Waals surface area contributed by atoms with E-state index in [2.05, 4.69) is 5.32 Å². The first-order chi connectivity index (χ1) is 13.4. The van der Waals surface area contributed by atoms with Gasteiger partial charge in [-0.2, -0.15) is 0 Å². The summed E-state index contributed by atoms with van der Waals surface area (Å²) in [4.78, 5) is 12.2. The van der Waals surface area contributed by atoms with Crippen molar-refractivity contribution < 1.29 is 18.7 Å². The largest absolute Gasteiger partial charge is 0.496 e. The molecule has 0 saturated heterocycles. The van der Waals surface area contributed by atoms with E-state index in [9.17, 15) is 4.79 Å². The molecule has 0 aliphatic rings. The summed E-state index contributed by atoms with van der Waals surface area (Å²) in [7, 11) is 3.26. The van der Waals surface area contributed by atoms with Crippen LogP contribution in [-0.2, 0) is 4.79 Å². The number of allylic oxidation sites excluding steroid dienone is 1. The van der Waals surface area contributed by atoms with Crippen LogP contribution in [0.3, 0.4) is 0 Å². The van der Waals surface area contributed by atoms with Crippen LogP contribution >= 0.6 is 0 Å². The Labute approximate surface area is 164 Å². The molecule has 1 aromatic heterocycles. The summed E-state index contributed by atoms with van der Waals surface area (Å²) in [5.74, 6) is 1.29. The molecule has 0 saturated carbocycles. The number of furan rings is 1. The molecule has 0 fully saturated rings. The van der Waals surface area contributed by atoms with E-state index in [0.29, 0.717) is 11.3 Å². The van der Waals surface area contributed by atoms with E-state index in [4.69, 9.17) is 13.9 Å². The fourth-order valence-electron chi connectivity index (χ4n) is 3.21. The predicted octanol–water partition coefficient (Wildman–Crippen LogP) is 5.04. The SMILES string of the molecule is COc1cc2occ(-c3ccccc3OC)c2cc1/C(C)=C/C(=O)NC(C)C. The average molecular weight is 379 g/mol. The Morgan fingerprint density at radius 3 is 2.46 bits per heavy atom. The highest BCUT2D eigenvalue weighted by Gasteiger charge is 2.17. The average Bonchev–Trinajstić information content (AvgIpc) is 3.08. The lowest BCUT2D eigenvalue weighted by Gasteiger charge is -2.11. The number of fused-ring (bicyclic) bond motifs is 1. The highest BCUT2D eigenvalue weighted by atomic mass is 16.5. The molecule has 0 unspecified atom stereocenters. The van der Waals surface area contributed by atoms with Crippen LogP contribution in [0.5, 0.6) is 11.5 Å². The van der Waals surface area contributed by atoms with E-state index in [1.165, 1.54) is 0 Å². The lowest BCUT2D eigenvalue weighted by atomic mass is 9.98. The smallest absolute Gasteiger partial charge is 0.244 e. The highest BCUT2D eigenvalue weighted by molar-refractivity contribution is 6.01. The first kappa shape index (κ1) is 19.5. The van der Waals surface area contributed by atoms with E-state index < -0.39 is 0 Å². The minimum atomic E-state index is -0.133. The van der Waals surface area contributed by atoms with Gasteiger partial charge in [0.05, 0.1) is 20.5 Å². The van der Waals surface area contributed by atoms with Crippen molar-refractivity contribution in [3.63, 3.8) is 0 Å². The Morgan fingerprint density at radius 1 is 1.07 bits per heavy atom. The molecule has 28 heavy (non-hydrogen) atoms. The monoisotopic (exact) mass is 379 g/mol. The van der Waals surface area contributed by atoms with Crippen LogP contribution in [0.2, 0.25) is 0 Å². The van der Waals surface area contributed by atoms with Crippen LogP contribution in [0, 0.1) is 0 Å². The second-order valence-electron chi connectivity index (χ2n) is 6.89. The van der Waals surface area contributed by atoms with E-state index in [0.717, 1.165) is 33.4 Å². The van der Waals surface area contributed by atoms with Crippen molar-refractivity contribution in [2.75, 3.05) is 14.2 Å². The Balaban J connectivity index is 2.14. The van der Waals surface area contributed by atoms with Gasteiger partial charge in [0.1, 0.15) is 17.1 Å². The Kier molecular flexibility index (Phi) is 5.73. The lowest BCUT2D eigenvalue weighted by molar-refractivity contribution is -0.116. The summed E-state index contributed by atoms with van der Waals surface area (Å²) in [5.41, 5.74) is 4.23. The number of para-hydroxylation sites is 1. The van der Waals surface area contributed by atoms with Crippen molar-refractivity contribution in [1.29, 1.82) is 0 Å². The standard InChI is InChI=1S/C23H25NO4/c1-14(2)24-23(25)10-15(3)17-11-18-19(13-28-22(18)12-21(17)27-5)16-8-6-7-9-20(16)26-4/h6-14H,1-5H3,(H,24,25)/b15-10+. The number of carbonyl (C=O) groups is 1. The molecular formula is C23H25NO4. The first-order valence-electron chi connectivity index (χ1n) is 9.16.